The van der Waals surface area contributed by atoms with Gasteiger partial charge in [-0.05, 0) is 30.2 Å². The SMILES string of the molecule is CC(c1ccccc1)N1CC(C(=O)Nc2nc3ccc(CN4CCOCC4)cc3s2)CC1=O. The molecule has 1 aromatic heterocycles. The van der Waals surface area contributed by atoms with Crippen molar-refractivity contribution in [3.05, 3.63) is 59.7 Å². The fraction of sp³-hybridized carbons (Fsp3) is 0.400. The molecule has 7 nitrogen and oxygen atoms in total. The normalized spacial score (nSPS) is 20.3. The van der Waals surface area contributed by atoms with E-state index in [-0.39, 0.29) is 30.2 Å². The molecule has 0 bridgehead atoms. The summed E-state index contributed by atoms with van der Waals surface area (Å²) >= 11 is 1.48. The van der Waals surface area contributed by atoms with Gasteiger partial charge in [0.05, 0.1) is 35.4 Å². The highest BCUT2D eigenvalue weighted by atomic mass is 32.1. The second-order valence-electron chi connectivity index (χ2n) is 8.73. The minimum atomic E-state index is -0.368. The molecule has 2 unspecified atom stereocenters. The van der Waals surface area contributed by atoms with Gasteiger partial charge in [-0.3, -0.25) is 14.5 Å². The second kappa shape index (κ2) is 9.59. The van der Waals surface area contributed by atoms with Crippen LogP contribution >= 0.6 is 11.3 Å². The molecular weight excluding hydrogens is 436 g/mol. The third-order valence-electron chi connectivity index (χ3n) is 6.47. The van der Waals surface area contributed by atoms with Gasteiger partial charge in [0.15, 0.2) is 5.13 Å². The van der Waals surface area contributed by atoms with Gasteiger partial charge in [0, 0.05) is 32.6 Å². The van der Waals surface area contributed by atoms with Crippen molar-refractivity contribution >= 4 is 38.5 Å². The minimum absolute atomic E-state index is 0.0172. The Morgan fingerprint density at radius 3 is 2.79 bits per heavy atom. The fourth-order valence-electron chi connectivity index (χ4n) is 4.54. The number of carbonyl (C=O) groups is 2. The Morgan fingerprint density at radius 1 is 1.21 bits per heavy atom. The van der Waals surface area contributed by atoms with E-state index in [0.717, 1.165) is 48.6 Å². The first-order valence-corrected chi connectivity index (χ1v) is 12.2. The number of nitrogens with zero attached hydrogens (tertiary/aromatic N) is 3. The second-order valence-corrected chi connectivity index (χ2v) is 9.76. The van der Waals surface area contributed by atoms with Crippen LogP contribution in [0, 0.1) is 5.92 Å². The maximum absolute atomic E-state index is 12.9. The zero-order valence-corrected chi connectivity index (χ0v) is 19.5. The van der Waals surface area contributed by atoms with Gasteiger partial charge in [-0.25, -0.2) is 4.98 Å². The maximum Gasteiger partial charge on any atom is 0.231 e. The van der Waals surface area contributed by atoms with Crippen LogP contribution in [0.5, 0.6) is 0 Å². The Labute approximate surface area is 197 Å². The Hall–Kier alpha value is -2.81. The lowest BCUT2D eigenvalue weighted by atomic mass is 10.1. The Balaban J connectivity index is 1.23. The first-order valence-electron chi connectivity index (χ1n) is 11.4. The van der Waals surface area contributed by atoms with E-state index in [1.54, 1.807) is 4.90 Å². The van der Waals surface area contributed by atoms with Crippen LogP contribution in [0.3, 0.4) is 0 Å². The largest absolute Gasteiger partial charge is 0.379 e. The number of morpholine rings is 1. The summed E-state index contributed by atoms with van der Waals surface area (Å²) in [6.45, 7) is 6.78. The molecule has 0 aliphatic carbocycles. The quantitative estimate of drug-likeness (QED) is 0.602. The summed E-state index contributed by atoms with van der Waals surface area (Å²) < 4.78 is 6.48. The maximum atomic E-state index is 12.9. The molecular formula is C25H28N4O3S. The molecule has 3 heterocycles. The summed E-state index contributed by atoms with van der Waals surface area (Å²) in [6, 6.07) is 16.1. The molecule has 33 heavy (non-hydrogen) atoms. The highest BCUT2D eigenvalue weighted by molar-refractivity contribution is 7.22. The molecule has 2 aliphatic rings. The van der Waals surface area contributed by atoms with Gasteiger partial charge in [-0.2, -0.15) is 0 Å². The van der Waals surface area contributed by atoms with Gasteiger partial charge >= 0.3 is 0 Å². The van der Waals surface area contributed by atoms with E-state index in [1.807, 2.05) is 43.3 Å². The number of anilines is 1. The molecule has 5 rings (SSSR count). The number of fused-ring (bicyclic) bond motifs is 1. The molecule has 2 amide bonds. The van der Waals surface area contributed by atoms with Crippen molar-refractivity contribution in [3.8, 4) is 0 Å². The number of likely N-dealkylation sites (tertiary alicyclic amines) is 1. The molecule has 0 saturated carbocycles. The van der Waals surface area contributed by atoms with Gasteiger partial charge in [-0.1, -0.05) is 47.7 Å². The van der Waals surface area contributed by atoms with Crippen LogP contribution in [0.15, 0.2) is 48.5 Å². The Kier molecular flexibility index (Phi) is 6.39. The third-order valence-corrected chi connectivity index (χ3v) is 7.41. The smallest absolute Gasteiger partial charge is 0.231 e. The lowest BCUT2D eigenvalue weighted by molar-refractivity contribution is -0.129. The Bertz CT molecular complexity index is 1140. The van der Waals surface area contributed by atoms with Crippen LogP contribution in [0.2, 0.25) is 0 Å². The van der Waals surface area contributed by atoms with Crippen LogP contribution in [0.1, 0.15) is 30.5 Å². The first-order chi connectivity index (χ1) is 16.1. The number of hydrogen-bond acceptors (Lipinski definition) is 6. The highest BCUT2D eigenvalue weighted by Gasteiger charge is 2.37. The molecule has 0 radical (unpaired) electrons. The molecule has 2 saturated heterocycles. The number of nitrogens with one attached hydrogen (secondary N) is 1. The monoisotopic (exact) mass is 464 g/mol. The number of aromatic nitrogens is 1. The minimum Gasteiger partial charge on any atom is -0.379 e. The number of ether oxygens (including phenoxy) is 1. The predicted octanol–water partition coefficient (Wildman–Crippen LogP) is 3.68. The Morgan fingerprint density at radius 2 is 2.00 bits per heavy atom. The van der Waals surface area contributed by atoms with Crippen molar-refractivity contribution in [2.75, 3.05) is 38.2 Å². The van der Waals surface area contributed by atoms with E-state index in [0.29, 0.717) is 11.7 Å². The number of amides is 2. The third kappa shape index (κ3) is 4.93. The van der Waals surface area contributed by atoms with Crippen molar-refractivity contribution in [1.29, 1.82) is 0 Å². The molecule has 2 fully saturated rings. The van der Waals surface area contributed by atoms with Gasteiger partial charge < -0.3 is 15.0 Å². The summed E-state index contributed by atoms with van der Waals surface area (Å²) in [5, 5.41) is 3.54. The molecule has 2 aliphatic heterocycles. The van der Waals surface area contributed by atoms with Crippen LogP contribution in [0.4, 0.5) is 5.13 Å². The summed E-state index contributed by atoms with van der Waals surface area (Å²) in [7, 11) is 0. The summed E-state index contributed by atoms with van der Waals surface area (Å²) in [5.41, 5.74) is 3.19. The molecule has 0 spiro atoms. The average Bonchev–Trinajstić information content (AvgIpc) is 3.42. The van der Waals surface area contributed by atoms with Gasteiger partial charge in [0.1, 0.15) is 0 Å². The highest BCUT2D eigenvalue weighted by Crippen LogP contribution is 2.31. The number of thiazole rings is 1. The van der Waals surface area contributed by atoms with Gasteiger partial charge in [-0.15, -0.1) is 0 Å². The average molecular weight is 465 g/mol. The van der Waals surface area contributed by atoms with E-state index in [4.69, 9.17) is 4.74 Å². The number of hydrogen-bond donors (Lipinski definition) is 1. The molecule has 8 heteroatoms. The lowest BCUT2D eigenvalue weighted by Gasteiger charge is -2.26. The van der Waals surface area contributed by atoms with Crippen molar-refractivity contribution in [2.45, 2.75) is 25.9 Å². The van der Waals surface area contributed by atoms with Crippen LogP contribution in [0.25, 0.3) is 10.2 Å². The summed E-state index contributed by atoms with van der Waals surface area (Å²) in [6.07, 6.45) is 0.234. The zero-order valence-electron chi connectivity index (χ0n) is 18.7. The molecule has 2 atom stereocenters. The van der Waals surface area contributed by atoms with E-state index in [9.17, 15) is 9.59 Å². The van der Waals surface area contributed by atoms with E-state index in [2.05, 4.69) is 27.3 Å². The van der Waals surface area contributed by atoms with Crippen molar-refractivity contribution < 1.29 is 14.3 Å². The van der Waals surface area contributed by atoms with Crippen molar-refractivity contribution in [2.24, 2.45) is 5.92 Å². The van der Waals surface area contributed by atoms with Crippen molar-refractivity contribution in [3.63, 3.8) is 0 Å². The zero-order chi connectivity index (χ0) is 22.8. The lowest BCUT2D eigenvalue weighted by Crippen LogP contribution is -2.35. The topological polar surface area (TPSA) is 74.8 Å². The van der Waals surface area contributed by atoms with E-state index in [1.165, 1.54) is 16.9 Å². The van der Waals surface area contributed by atoms with E-state index >= 15 is 0 Å². The summed E-state index contributed by atoms with van der Waals surface area (Å²) in [4.78, 5) is 34.3. The number of carbonyl (C=O) groups excluding carboxylic acids is 2. The molecule has 3 aromatic rings. The first kappa shape index (κ1) is 22.0. The fourth-order valence-corrected chi connectivity index (χ4v) is 5.47. The van der Waals surface area contributed by atoms with Crippen LogP contribution in [-0.4, -0.2) is 59.4 Å². The summed E-state index contributed by atoms with van der Waals surface area (Å²) in [5.74, 6) is -0.491. The van der Waals surface area contributed by atoms with Crippen LogP contribution < -0.4 is 5.32 Å². The number of benzene rings is 2. The molecule has 2 aromatic carbocycles. The van der Waals surface area contributed by atoms with E-state index < -0.39 is 0 Å². The van der Waals surface area contributed by atoms with Crippen molar-refractivity contribution in [1.82, 2.24) is 14.8 Å². The molecule has 172 valence electrons. The molecule has 1 N–H and O–H groups in total. The van der Waals surface area contributed by atoms with Crippen LogP contribution in [-0.2, 0) is 20.9 Å². The number of rotatable bonds is 6. The predicted molar refractivity (Wildman–Crippen MR) is 129 cm³/mol. The van der Waals surface area contributed by atoms with Gasteiger partial charge in [0.2, 0.25) is 11.8 Å². The standard InChI is InChI=1S/C25H28N4O3S/c1-17(19-5-3-2-4-6-19)29-16-20(14-23(29)30)24(31)27-25-26-21-8-7-18(13-22(21)33-25)15-28-9-11-32-12-10-28/h2-8,13,17,20H,9-12,14-16H2,1H3,(H,26,27,31). The van der Waals surface area contributed by atoms with Gasteiger partial charge in [0.25, 0.3) is 0 Å².